The van der Waals surface area contributed by atoms with E-state index < -0.39 is 0 Å². The summed E-state index contributed by atoms with van der Waals surface area (Å²) < 4.78 is 0. The van der Waals surface area contributed by atoms with Crippen molar-refractivity contribution in [2.45, 2.75) is 45.1 Å². The van der Waals surface area contributed by atoms with E-state index in [4.69, 9.17) is 0 Å². The topological polar surface area (TPSA) is 20.2 Å². The lowest BCUT2D eigenvalue weighted by Gasteiger charge is -2.37. The summed E-state index contributed by atoms with van der Waals surface area (Å²) in [6.45, 7) is 4.39. The van der Waals surface area contributed by atoms with Crippen LogP contribution in [0.25, 0.3) is 0 Å². The highest BCUT2D eigenvalue weighted by Gasteiger charge is 2.50. The summed E-state index contributed by atoms with van der Waals surface area (Å²) in [7, 11) is 0. The summed E-state index contributed by atoms with van der Waals surface area (Å²) in [6, 6.07) is 0. The van der Waals surface area contributed by atoms with Gasteiger partial charge in [0.15, 0.2) is 0 Å². The Morgan fingerprint density at radius 1 is 1.38 bits per heavy atom. The Hall–Kier alpha value is -0.300. The molecule has 0 spiro atoms. The lowest BCUT2D eigenvalue weighted by molar-refractivity contribution is -0.0443. The van der Waals surface area contributed by atoms with Crippen molar-refractivity contribution in [3.05, 3.63) is 12.2 Å². The van der Waals surface area contributed by atoms with E-state index in [0.717, 1.165) is 19.3 Å². The van der Waals surface area contributed by atoms with E-state index in [1.807, 2.05) is 0 Å². The molecule has 2 rings (SSSR count). The number of fused-ring (bicyclic) bond motifs is 2. The van der Waals surface area contributed by atoms with Gasteiger partial charge < -0.3 is 5.11 Å². The maximum atomic E-state index is 10.6. The van der Waals surface area contributed by atoms with Crippen LogP contribution < -0.4 is 0 Å². The third-order valence-corrected chi connectivity index (χ3v) is 4.10. The van der Waals surface area contributed by atoms with Crippen molar-refractivity contribution in [3.8, 4) is 0 Å². The van der Waals surface area contributed by atoms with Crippen LogP contribution in [-0.2, 0) is 0 Å². The second-order valence-electron chi connectivity index (χ2n) is 4.70. The van der Waals surface area contributed by atoms with Crippen molar-refractivity contribution in [3.63, 3.8) is 0 Å². The fourth-order valence-corrected chi connectivity index (χ4v) is 3.33. The summed E-state index contributed by atoms with van der Waals surface area (Å²) in [5, 5.41) is 10.6. The minimum Gasteiger partial charge on any atom is -0.389 e. The van der Waals surface area contributed by atoms with Crippen LogP contribution in [-0.4, -0.2) is 10.7 Å². The van der Waals surface area contributed by atoms with E-state index in [-0.39, 0.29) is 5.60 Å². The molecule has 0 aliphatic heterocycles. The Morgan fingerprint density at radius 3 is 2.46 bits per heavy atom. The van der Waals surface area contributed by atoms with Crippen molar-refractivity contribution < 1.29 is 5.11 Å². The maximum absolute atomic E-state index is 10.6. The molecule has 0 radical (unpaired) electrons. The van der Waals surface area contributed by atoms with Crippen LogP contribution in [0.3, 0.4) is 0 Å². The molecule has 1 N–H and O–H groups in total. The number of allylic oxidation sites excluding steroid dienone is 1. The average molecular weight is 180 g/mol. The van der Waals surface area contributed by atoms with Crippen molar-refractivity contribution in [1.29, 1.82) is 0 Å². The van der Waals surface area contributed by atoms with Crippen LogP contribution >= 0.6 is 0 Å². The van der Waals surface area contributed by atoms with Crippen LogP contribution in [0.4, 0.5) is 0 Å². The van der Waals surface area contributed by atoms with Crippen molar-refractivity contribution in [2.75, 3.05) is 0 Å². The fourth-order valence-electron chi connectivity index (χ4n) is 3.33. The molecule has 2 bridgehead atoms. The number of hydrogen-bond donors (Lipinski definition) is 1. The van der Waals surface area contributed by atoms with Crippen molar-refractivity contribution >= 4 is 0 Å². The monoisotopic (exact) mass is 180 g/mol. The summed E-state index contributed by atoms with van der Waals surface area (Å²) in [5.41, 5.74) is -0.358. The highest BCUT2D eigenvalue weighted by molar-refractivity contribution is 5.17. The zero-order valence-electron chi connectivity index (χ0n) is 8.66. The molecule has 0 aromatic heterocycles. The van der Waals surface area contributed by atoms with Gasteiger partial charge in [0, 0.05) is 5.92 Å². The molecule has 74 valence electrons. The van der Waals surface area contributed by atoms with Gasteiger partial charge in [-0.05, 0) is 24.7 Å². The third-order valence-electron chi connectivity index (χ3n) is 4.10. The standard InChI is InChI=1S/C12H20O/c1-3-10(4-2)12(13)8-9-5-6-11(12)7-9/h5-6,9-11,13H,3-4,7-8H2,1-2H3. The zero-order valence-corrected chi connectivity index (χ0v) is 8.66. The van der Waals surface area contributed by atoms with Gasteiger partial charge in [-0.3, -0.25) is 0 Å². The Kier molecular flexibility index (Phi) is 2.23. The van der Waals surface area contributed by atoms with Crippen LogP contribution in [0, 0.1) is 17.8 Å². The summed E-state index contributed by atoms with van der Waals surface area (Å²) in [5.74, 6) is 1.64. The second kappa shape index (κ2) is 3.13. The fraction of sp³-hybridized carbons (Fsp3) is 0.833. The van der Waals surface area contributed by atoms with Gasteiger partial charge in [0.25, 0.3) is 0 Å². The molecule has 0 heterocycles. The van der Waals surface area contributed by atoms with E-state index in [0.29, 0.717) is 17.8 Å². The van der Waals surface area contributed by atoms with Gasteiger partial charge in [-0.2, -0.15) is 0 Å². The Morgan fingerprint density at radius 2 is 2.08 bits per heavy atom. The molecular weight excluding hydrogens is 160 g/mol. The second-order valence-corrected chi connectivity index (χ2v) is 4.70. The molecule has 1 fully saturated rings. The van der Waals surface area contributed by atoms with Gasteiger partial charge in [-0.25, -0.2) is 0 Å². The van der Waals surface area contributed by atoms with Crippen LogP contribution in [0.2, 0.25) is 0 Å². The lowest BCUT2D eigenvalue weighted by Crippen LogP contribution is -2.41. The quantitative estimate of drug-likeness (QED) is 0.662. The van der Waals surface area contributed by atoms with Crippen molar-refractivity contribution in [2.24, 2.45) is 17.8 Å². The SMILES string of the molecule is CCC(CC)C1(O)CC2C=CC1C2. The molecule has 1 saturated carbocycles. The van der Waals surface area contributed by atoms with Gasteiger partial charge in [-0.1, -0.05) is 38.8 Å². The molecule has 0 saturated heterocycles. The minimum atomic E-state index is -0.358. The first-order valence-corrected chi connectivity index (χ1v) is 5.61. The van der Waals surface area contributed by atoms with E-state index in [1.54, 1.807) is 0 Å². The third kappa shape index (κ3) is 1.25. The van der Waals surface area contributed by atoms with Gasteiger partial charge in [0.2, 0.25) is 0 Å². The molecule has 0 amide bonds. The van der Waals surface area contributed by atoms with E-state index in [2.05, 4.69) is 26.0 Å². The van der Waals surface area contributed by atoms with E-state index >= 15 is 0 Å². The predicted octanol–water partition coefficient (Wildman–Crippen LogP) is 2.75. The molecule has 3 atom stereocenters. The molecule has 1 nitrogen and oxygen atoms in total. The molecule has 2 aliphatic rings. The number of aliphatic hydroxyl groups is 1. The zero-order chi connectivity index (χ0) is 9.47. The Labute approximate surface area is 80.8 Å². The largest absolute Gasteiger partial charge is 0.389 e. The molecule has 1 heteroatoms. The summed E-state index contributed by atoms with van der Waals surface area (Å²) in [4.78, 5) is 0. The van der Waals surface area contributed by atoms with Gasteiger partial charge in [0.05, 0.1) is 5.60 Å². The minimum absolute atomic E-state index is 0.358. The first kappa shape index (κ1) is 9.26. The molecule has 13 heavy (non-hydrogen) atoms. The molecule has 0 aromatic carbocycles. The number of hydrogen-bond acceptors (Lipinski definition) is 1. The predicted molar refractivity (Wildman–Crippen MR) is 54.4 cm³/mol. The molecule has 2 aliphatic carbocycles. The number of rotatable bonds is 3. The van der Waals surface area contributed by atoms with Gasteiger partial charge in [-0.15, -0.1) is 0 Å². The van der Waals surface area contributed by atoms with E-state index in [9.17, 15) is 5.11 Å². The van der Waals surface area contributed by atoms with E-state index in [1.165, 1.54) is 6.42 Å². The average Bonchev–Trinajstić information content (AvgIpc) is 2.65. The van der Waals surface area contributed by atoms with Crippen molar-refractivity contribution in [1.82, 2.24) is 0 Å². The van der Waals surface area contributed by atoms with Crippen LogP contribution in [0.1, 0.15) is 39.5 Å². The first-order chi connectivity index (χ1) is 6.20. The highest BCUT2D eigenvalue weighted by atomic mass is 16.3. The molecule has 0 aromatic rings. The normalized spacial score (nSPS) is 42.2. The Bertz CT molecular complexity index is 217. The smallest absolute Gasteiger partial charge is 0.0743 e. The lowest BCUT2D eigenvalue weighted by atomic mass is 9.75. The maximum Gasteiger partial charge on any atom is 0.0743 e. The highest BCUT2D eigenvalue weighted by Crippen LogP contribution is 2.51. The van der Waals surface area contributed by atoms with Gasteiger partial charge >= 0.3 is 0 Å². The molecular formula is C12H20O. The first-order valence-electron chi connectivity index (χ1n) is 5.61. The Balaban J connectivity index is 2.17. The summed E-state index contributed by atoms with van der Waals surface area (Å²) >= 11 is 0. The molecule has 3 unspecified atom stereocenters. The summed E-state index contributed by atoms with van der Waals surface area (Å²) in [6.07, 6.45) is 8.98. The van der Waals surface area contributed by atoms with Crippen LogP contribution in [0.5, 0.6) is 0 Å². The van der Waals surface area contributed by atoms with Crippen LogP contribution in [0.15, 0.2) is 12.2 Å². The van der Waals surface area contributed by atoms with Gasteiger partial charge in [0.1, 0.15) is 0 Å².